The summed E-state index contributed by atoms with van der Waals surface area (Å²) in [5, 5.41) is 3.71. The van der Waals surface area contributed by atoms with Crippen molar-refractivity contribution in [2.45, 2.75) is 13.5 Å². The molecule has 1 heterocycles. The number of fused-ring (bicyclic) bond motifs is 1. The highest BCUT2D eigenvalue weighted by molar-refractivity contribution is 5.97. The quantitative estimate of drug-likeness (QED) is 0.799. The van der Waals surface area contributed by atoms with Gasteiger partial charge in [0.05, 0.1) is 7.11 Å². The minimum atomic E-state index is -0.237. The molecular weight excluding hydrogens is 278 g/mol. The van der Waals surface area contributed by atoms with Gasteiger partial charge in [0.15, 0.2) is 17.1 Å². The lowest BCUT2D eigenvalue weighted by molar-refractivity contribution is 0.0925. The van der Waals surface area contributed by atoms with Gasteiger partial charge in [-0.25, -0.2) is 0 Å². The standard InChI is InChI=1S/C18H17NO3/c1-12-6-8-13(9-7-12)11-19-18(20)16-10-14-4-3-5-15(21-2)17(14)22-16/h3-10H,11H2,1-2H3,(H,19,20). The molecule has 1 amide bonds. The predicted octanol–water partition coefficient (Wildman–Crippen LogP) is 3.68. The van der Waals surface area contributed by atoms with Crippen molar-refractivity contribution < 1.29 is 13.9 Å². The Kier molecular flexibility index (Phi) is 3.83. The highest BCUT2D eigenvalue weighted by Crippen LogP contribution is 2.28. The molecule has 0 unspecified atom stereocenters. The molecule has 0 aliphatic heterocycles. The zero-order valence-electron chi connectivity index (χ0n) is 12.6. The Bertz CT molecular complexity index is 803. The normalized spacial score (nSPS) is 10.6. The average molecular weight is 295 g/mol. The van der Waals surface area contributed by atoms with E-state index in [1.165, 1.54) is 5.56 Å². The fourth-order valence-corrected chi connectivity index (χ4v) is 2.28. The van der Waals surface area contributed by atoms with Crippen molar-refractivity contribution in [2.75, 3.05) is 7.11 Å². The first-order valence-corrected chi connectivity index (χ1v) is 7.07. The highest BCUT2D eigenvalue weighted by Gasteiger charge is 2.14. The third kappa shape index (κ3) is 2.81. The molecule has 4 nitrogen and oxygen atoms in total. The summed E-state index contributed by atoms with van der Waals surface area (Å²) in [4.78, 5) is 12.2. The van der Waals surface area contributed by atoms with Crippen LogP contribution < -0.4 is 10.1 Å². The van der Waals surface area contributed by atoms with E-state index in [1.54, 1.807) is 19.2 Å². The lowest BCUT2D eigenvalue weighted by atomic mass is 10.1. The summed E-state index contributed by atoms with van der Waals surface area (Å²) in [5.41, 5.74) is 2.83. The molecule has 0 fully saturated rings. The van der Waals surface area contributed by atoms with Crippen molar-refractivity contribution in [3.63, 3.8) is 0 Å². The summed E-state index contributed by atoms with van der Waals surface area (Å²) in [5.74, 6) is 0.667. The first-order chi connectivity index (χ1) is 10.7. The molecule has 22 heavy (non-hydrogen) atoms. The number of hydrogen-bond acceptors (Lipinski definition) is 3. The number of carbonyl (C=O) groups is 1. The van der Waals surface area contributed by atoms with E-state index in [4.69, 9.17) is 9.15 Å². The molecule has 1 aromatic heterocycles. The van der Waals surface area contributed by atoms with Gasteiger partial charge < -0.3 is 14.5 Å². The van der Waals surface area contributed by atoms with E-state index in [2.05, 4.69) is 5.32 Å². The van der Waals surface area contributed by atoms with E-state index in [0.29, 0.717) is 17.9 Å². The second kappa shape index (κ2) is 5.93. The predicted molar refractivity (Wildman–Crippen MR) is 85.1 cm³/mol. The number of nitrogens with one attached hydrogen (secondary N) is 1. The van der Waals surface area contributed by atoms with Gasteiger partial charge in [0.2, 0.25) is 0 Å². The van der Waals surface area contributed by atoms with Gasteiger partial charge in [-0.15, -0.1) is 0 Å². The van der Waals surface area contributed by atoms with E-state index in [9.17, 15) is 4.79 Å². The lowest BCUT2D eigenvalue weighted by Gasteiger charge is -2.03. The Morgan fingerprint density at radius 2 is 1.95 bits per heavy atom. The number of amides is 1. The van der Waals surface area contributed by atoms with Gasteiger partial charge in [-0.3, -0.25) is 4.79 Å². The van der Waals surface area contributed by atoms with Crippen LogP contribution in [0.5, 0.6) is 5.75 Å². The molecular formula is C18H17NO3. The number of para-hydroxylation sites is 1. The van der Waals surface area contributed by atoms with Crippen molar-refractivity contribution in [3.8, 4) is 5.75 Å². The van der Waals surface area contributed by atoms with Gasteiger partial charge >= 0.3 is 0 Å². The van der Waals surface area contributed by atoms with E-state index in [0.717, 1.165) is 10.9 Å². The fraction of sp³-hybridized carbons (Fsp3) is 0.167. The van der Waals surface area contributed by atoms with Crippen LogP contribution in [0.3, 0.4) is 0 Å². The maximum atomic E-state index is 12.2. The van der Waals surface area contributed by atoms with Crippen LogP contribution in [0.15, 0.2) is 52.9 Å². The number of benzene rings is 2. The summed E-state index contributed by atoms with van der Waals surface area (Å²) in [6.45, 7) is 2.50. The Morgan fingerprint density at radius 1 is 1.18 bits per heavy atom. The number of rotatable bonds is 4. The zero-order chi connectivity index (χ0) is 15.5. The van der Waals surface area contributed by atoms with Crippen LogP contribution in [-0.2, 0) is 6.54 Å². The molecule has 1 N–H and O–H groups in total. The first-order valence-electron chi connectivity index (χ1n) is 7.07. The molecule has 0 radical (unpaired) electrons. The summed E-state index contributed by atoms with van der Waals surface area (Å²) < 4.78 is 10.9. The van der Waals surface area contributed by atoms with E-state index >= 15 is 0 Å². The minimum Gasteiger partial charge on any atom is -0.493 e. The molecule has 2 aromatic carbocycles. The molecule has 0 aliphatic carbocycles. The van der Waals surface area contributed by atoms with Gasteiger partial charge in [0.25, 0.3) is 5.91 Å². The Morgan fingerprint density at radius 3 is 2.68 bits per heavy atom. The lowest BCUT2D eigenvalue weighted by Crippen LogP contribution is -2.22. The monoisotopic (exact) mass is 295 g/mol. The van der Waals surface area contributed by atoms with Crippen molar-refractivity contribution in [1.29, 1.82) is 0 Å². The van der Waals surface area contributed by atoms with E-state index < -0.39 is 0 Å². The summed E-state index contributed by atoms with van der Waals surface area (Å²) in [7, 11) is 1.58. The average Bonchev–Trinajstić information content (AvgIpc) is 2.98. The molecule has 112 valence electrons. The zero-order valence-corrected chi connectivity index (χ0v) is 12.6. The van der Waals surface area contributed by atoms with Crippen LogP contribution in [0.2, 0.25) is 0 Å². The number of hydrogen-bond donors (Lipinski definition) is 1. The molecule has 0 bridgehead atoms. The van der Waals surface area contributed by atoms with Gasteiger partial charge in [0.1, 0.15) is 0 Å². The second-order valence-corrected chi connectivity index (χ2v) is 5.16. The topological polar surface area (TPSA) is 51.5 Å². The van der Waals surface area contributed by atoms with Gasteiger partial charge in [-0.1, -0.05) is 42.0 Å². The number of furan rings is 1. The summed E-state index contributed by atoms with van der Waals surface area (Å²) >= 11 is 0. The summed E-state index contributed by atoms with van der Waals surface area (Å²) in [6, 6.07) is 15.3. The molecule has 0 spiro atoms. The smallest absolute Gasteiger partial charge is 0.287 e. The maximum absolute atomic E-state index is 12.2. The molecule has 4 heteroatoms. The van der Waals surface area contributed by atoms with Crippen molar-refractivity contribution >= 4 is 16.9 Å². The van der Waals surface area contributed by atoms with Gasteiger partial charge in [0, 0.05) is 11.9 Å². The minimum absolute atomic E-state index is 0.237. The third-order valence-corrected chi connectivity index (χ3v) is 3.53. The number of aryl methyl sites for hydroxylation is 1. The van der Waals surface area contributed by atoms with Gasteiger partial charge in [-0.05, 0) is 24.6 Å². The number of carbonyl (C=O) groups excluding carboxylic acids is 1. The number of ether oxygens (including phenoxy) is 1. The van der Waals surface area contributed by atoms with Crippen LogP contribution in [0.1, 0.15) is 21.7 Å². The van der Waals surface area contributed by atoms with Crippen LogP contribution in [-0.4, -0.2) is 13.0 Å². The van der Waals surface area contributed by atoms with E-state index in [1.807, 2.05) is 43.3 Å². The molecule has 0 saturated heterocycles. The van der Waals surface area contributed by atoms with Gasteiger partial charge in [-0.2, -0.15) is 0 Å². The van der Waals surface area contributed by atoms with Crippen LogP contribution in [0.25, 0.3) is 11.0 Å². The first kappa shape index (κ1) is 14.2. The van der Waals surface area contributed by atoms with Crippen molar-refractivity contribution in [3.05, 3.63) is 65.4 Å². The third-order valence-electron chi connectivity index (χ3n) is 3.53. The van der Waals surface area contributed by atoms with E-state index in [-0.39, 0.29) is 11.7 Å². The Hall–Kier alpha value is -2.75. The summed E-state index contributed by atoms with van der Waals surface area (Å²) in [6.07, 6.45) is 0. The SMILES string of the molecule is COc1cccc2cc(C(=O)NCc3ccc(C)cc3)oc12. The largest absolute Gasteiger partial charge is 0.493 e. The van der Waals surface area contributed by atoms with Crippen LogP contribution in [0, 0.1) is 6.92 Å². The Balaban J connectivity index is 1.76. The molecule has 0 aliphatic rings. The maximum Gasteiger partial charge on any atom is 0.287 e. The van der Waals surface area contributed by atoms with Crippen LogP contribution in [0.4, 0.5) is 0 Å². The second-order valence-electron chi connectivity index (χ2n) is 5.16. The molecule has 0 saturated carbocycles. The highest BCUT2D eigenvalue weighted by atomic mass is 16.5. The fourth-order valence-electron chi connectivity index (χ4n) is 2.28. The number of methoxy groups -OCH3 is 1. The van der Waals surface area contributed by atoms with Crippen molar-refractivity contribution in [2.24, 2.45) is 0 Å². The molecule has 3 rings (SSSR count). The van der Waals surface area contributed by atoms with Crippen molar-refractivity contribution in [1.82, 2.24) is 5.32 Å². The molecule has 3 aromatic rings. The van der Waals surface area contributed by atoms with Crippen LogP contribution >= 0.6 is 0 Å². The molecule has 0 atom stereocenters. The Labute approximate surface area is 128 Å².